The van der Waals surface area contributed by atoms with Crippen molar-refractivity contribution in [3.05, 3.63) is 52.6 Å². The number of hydrogen-bond donors (Lipinski definition) is 2. The predicted molar refractivity (Wildman–Crippen MR) is 119 cm³/mol. The number of nitrogens with zero attached hydrogens (tertiary/aromatic N) is 3. The molecule has 29 heavy (non-hydrogen) atoms. The van der Waals surface area contributed by atoms with Crippen LogP contribution in [0.2, 0.25) is 0 Å². The van der Waals surface area contributed by atoms with E-state index in [1.165, 1.54) is 16.2 Å². The third-order valence-electron chi connectivity index (χ3n) is 5.14. The van der Waals surface area contributed by atoms with E-state index in [0.29, 0.717) is 11.0 Å². The lowest BCUT2D eigenvalue weighted by molar-refractivity contribution is 0.145. The minimum Gasteiger partial charge on any atom is -0.335 e. The van der Waals surface area contributed by atoms with Gasteiger partial charge in [0.2, 0.25) is 0 Å². The molecule has 8 heteroatoms. The van der Waals surface area contributed by atoms with Crippen molar-refractivity contribution < 1.29 is 4.79 Å². The number of hydrogen-bond acceptors (Lipinski definition) is 6. The van der Waals surface area contributed by atoms with Gasteiger partial charge in [-0.3, -0.25) is 10.2 Å². The number of aryl methyl sites for hydroxylation is 1. The topological polar surface area (TPSA) is 70.2 Å². The second-order valence-corrected chi connectivity index (χ2v) is 9.80. The number of carbonyl (C=O) groups excluding carboxylic acids is 1. The van der Waals surface area contributed by atoms with Crippen LogP contribution in [0.15, 0.2) is 42.7 Å². The van der Waals surface area contributed by atoms with Crippen LogP contribution in [0, 0.1) is 12.8 Å². The highest BCUT2D eigenvalue weighted by Gasteiger charge is 2.27. The number of piperidine rings is 1. The molecule has 3 heterocycles. The van der Waals surface area contributed by atoms with Crippen LogP contribution in [-0.4, -0.2) is 40.0 Å². The minimum absolute atomic E-state index is 0.169. The Morgan fingerprint density at radius 3 is 2.76 bits per heavy atom. The molecule has 1 aliphatic rings. The van der Waals surface area contributed by atoms with Crippen LogP contribution in [0.3, 0.4) is 0 Å². The summed E-state index contributed by atoms with van der Waals surface area (Å²) in [7, 11) is 0. The van der Waals surface area contributed by atoms with E-state index < -0.39 is 0 Å². The summed E-state index contributed by atoms with van der Waals surface area (Å²) in [6.45, 7) is 7.12. The SMILES string of the molecule is Cc1ncc(CN2CCC(NC(=O)Nc3ncc(-c4ccccc4)s3)C(C)C2)s1. The molecule has 0 saturated carbocycles. The Bertz CT molecular complexity index is 955. The summed E-state index contributed by atoms with van der Waals surface area (Å²) in [5.74, 6) is 0.389. The van der Waals surface area contributed by atoms with Crippen LogP contribution in [0.25, 0.3) is 10.4 Å². The number of likely N-dealkylation sites (tertiary alicyclic amines) is 1. The second kappa shape index (κ2) is 9.02. The number of aromatic nitrogens is 2. The highest BCUT2D eigenvalue weighted by atomic mass is 32.1. The molecular formula is C21H25N5OS2. The Balaban J connectivity index is 1.27. The molecule has 1 aliphatic heterocycles. The highest BCUT2D eigenvalue weighted by molar-refractivity contribution is 7.19. The van der Waals surface area contributed by atoms with Crippen molar-refractivity contribution in [1.29, 1.82) is 0 Å². The van der Waals surface area contributed by atoms with Gasteiger partial charge in [0.15, 0.2) is 5.13 Å². The third kappa shape index (κ3) is 5.20. The lowest BCUT2D eigenvalue weighted by atomic mass is 9.94. The minimum atomic E-state index is -0.178. The first-order chi connectivity index (χ1) is 14.1. The van der Waals surface area contributed by atoms with Gasteiger partial charge in [0.05, 0.1) is 9.88 Å². The highest BCUT2D eigenvalue weighted by Crippen LogP contribution is 2.28. The van der Waals surface area contributed by atoms with Crippen LogP contribution in [0.4, 0.5) is 9.93 Å². The van der Waals surface area contributed by atoms with Gasteiger partial charge < -0.3 is 5.32 Å². The van der Waals surface area contributed by atoms with Crippen LogP contribution in [0.1, 0.15) is 23.2 Å². The van der Waals surface area contributed by atoms with E-state index in [9.17, 15) is 4.79 Å². The number of benzene rings is 1. The fourth-order valence-electron chi connectivity index (χ4n) is 3.66. The van der Waals surface area contributed by atoms with Gasteiger partial charge in [-0.15, -0.1) is 11.3 Å². The van der Waals surface area contributed by atoms with Gasteiger partial charge in [-0.05, 0) is 24.8 Å². The number of carbonyl (C=O) groups is 1. The Morgan fingerprint density at radius 1 is 1.21 bits per heavy atom. The molecule has 6 nitrogen and oxygen atoms in total. The summed E-state index contributed by atoms with van der Waals surface area (Å²) in [6.07, 6.45) is 4.72. The summed E-state index contributed by atoms with van der Waals surface area (Å²) in [5.41, 5.74) is 1.11. The lowest BCUT2D eigenvalue weighted by Crippen LogP contribution is -2.50. The fourth-order valence-corrected chi connectivity index (χ4v) is 5.31. The molecular weight excluding hydrogens is 402 g/mol. The molecule has 0 aliphatic carbocycles. The zero-order chi connectivity index (χ0) is 20.2. The molecule has 0 radical (unpaired) electrons. The molecule has 2 atom stereocenters. The third-order valence-corrected chi connectivity index (χ3v) is 7.00. The lowest BCUT2D eigenvalue weighted by Gasteiger charge is -2.36. The number of anilines is 1. The molecule has 3 aromatic rings. The molecule has 2 amide bonds. The quantitative estimate of drug-likeness (QED) is 0.624. The Kier molecular flexibility index (Phi) is 6.22. The van der Waals surface area contributed by atoms with E-state index in [1.807, 2.05) is 43.5 Å². The van der Waals surface area contributed by atoms with E-state index in [1.54, 1.807) is 17.5 Å². The van der Waals surface area contributed by atoms with Crippen molar-refractivity contribution in [2.75, 3.05) is 18.4 Å². The summed E-state index contributed by atoms with van der Waals surface area (Å²) in [5, 5.41) is 7.75. The summed E-state index contributed by atoms with van der Waals surface area (Å²) < 4.78 is 0. The molecule has 152 valence electrons. The van der Waals surface area contributed by atoms with Crippen molar-refractivity contribution >= 4 is 33.8 Å². The zero-order valence-electron chi connectivity index (χ0n) is 16.6. The van der Waals surface area contributed by atoms with Gasteiger partial charge >= 0.3 is 6.03 Å². The maximum atomic E-state index is 12.5. The van der Waals surface area contributed by atoms with Gasteiger partial charge in [0.1, 0.15) is 0 Å². The molecule has 2 unspecified atom stereocenters. The average Bonchev–Trinajstić information content (AvgIpc) is 3.34. The molecule has 2 N–H and O–H groups in total. The number of rotatable bonds is 5. The average molecular weight is 428 g/mol. The molecule has 1 fully saturated rings. The Morgan fingerprint density at radius 2 is 2.03 bits per heavy atom. The van der Waals surface area contributed by atoms with Gasteiger partial charge in [-0.2, -0.15) is 0 Å². The van der Waals surface area contributed by atoms with Gasteiger partial charge in [-0.1, -0.05) is 48.6 Å². The number of nitrogens with one attached hydrogen (secondary N) is 2. The van der Waals surface area contributed by atoms with Crippen molar-refractivity contribution in [3.8, 4) is 10.4 Å². The number of amides is 2. The van der Waals surface area contributed by atoms with E-state index in [0.717, 1.165) is 41.5 Å². The van der Waals surface area contributed by atoms with Crippen LogP contribution in [0.5, 0.6) is 0 Å². The first-order valence-electron chi connectivity index (χ1n) is 9.79. The van der Waals surface area contributed by atoms with Crippen molar-refractivity contribution in [2.24, 2.45) is 5.92 Å². The standard InChI is InChI=1S/C21H25N5OS2/c1-14-12-26(13-17-10-22-15(2)28-17)9-8-18(14)24-20(27)25-21-23-11-19(29-21)16-6-4-3-5-7-16/h3-7,10-11,14,18H,8-9,12-13H2,1-2H3,(H2,23,24,25,27). The molecule has 4 rings (SSSR count). The maximum absolute atomic E-state index is 12.5. The monoisotopic (exact) mass is 427 g/mol. The predicted octanol–water partition coefficient (Wildman–Crippen LogP) is 4.61. The fraction of sp³-hybridized carbons (Fsp3) is 0.381. The van der Waals surface area contributed by atoms with Crippen LogP contribution >= 0.6 is 22.7 Å². The Hall–Kier alpha value is -2.29. The van der Waals surface area contributed by atoms with Gasteiger partial charge in [0, 0.05) is 42.9 Å². The van der Waals surface area contributed by atoms with Crippen LogP contribution in [-0.2, 0) is 6.54 Å². The van der Waals surface area contributed by atoms with Crippen molar-refractivity contribution in [3.63, 3.8) is 0 Å². The zero-order valence-corrected chi connectivity index (χ0v) is 18.2. The Labute approximate surface area is 179 Å². The van der Waals surface area contributed by atoms with Gasteiger partial charge in [0.25, 0.3) is 0 Å². The molecule has 1 saturated heterocycles. The van der Waals surface area contributed by atoms with Crippen LogP contribution < -0.4 is 10.6 Å². The number of thiazole rings is 2. The van der Waals surface area contributed by atoms with Crippen molar-refractivity contribution in [2.45, 2.75) is 32.9 Å². The molecule has 0 spiro atoms. The first kappa shape index (κ1) is 20.0. The summed E-state index contributed by atoms with van der Waals surface area (Å²) in [6, 6.07) is 10.1. The first-order valence-corrected chi connectivity index (χ1v) is 11.4. The molecule has 0 bridgehead atoms. The van der Waals surface area contributed by atoms with Gasteiger partial charge in [-0.25, -0.2) is 14.8 Å². The second-order valence-electron chi connectivity index (χ2n) is 7.45. The summed E-state index contributed by atoms with van der Waals surface area (Å²) >= 11 is 3.24. The van der Waals surface area contributed by atoms with E-state index >= 15 is 0 Å². The maximum Gasteiger partial charge on any atom is 0.321 e. The molecule has 2 aromatic heterocycles. The van der Waals surface area contributed by atoms with E-state index in [4.69, 9.17) is 0 Å². The van der Waals surface area contributed by atoms with Crippen molar-refractivity contribution in [1.82, 2.24) is 20.2 Å². The van der Waals surface area contributed by atoms with E-state index in [-0.39, 0.29) is 12.1 Å². The largest absolute Gasteiger partial charge is 0.335 e. The van der Waals surface area contributed by atoms with E-state index in [2.05, 4.69) is 32.4 Å². The summed E-state index contributed by atoms with van der Waals surface area (Å²) in [4.78, 5) is 25.9. The molecule has 1 aromatic carbocycles. The normalized spacial score (nSPS) is 19.8. The number of urea groups is 1. The smallest absolute Gasteiger partial charge is 0.321 e.